The molecule has 2 atom stereocenters. The van der Waals surface area contributed by atoms with E-state index in [0.29, 0.717) is 24.1 Å². The van der Waals surface area contributed by atoms with Crippen LogP contribution in [-0.2, 0) is 16.0 Å². The lowest BCUT2D eigenvalue weighted by Gasteiger charge is -2.39. The highest BCUT2D eigenvalue weighted by molar-refractivity contribution is 5.87. The number of aromatic nitrogens is 1. The van der Waals surface area contributed by atoms with Crippen molar-refractivity contribution < 1.29 is 19.2 Å². The molecule has 2 aromatic rings. The van der Waals surface area contributed by atoms with Gasteiger partial charge in [-0.15, -0.1) is 0 Å². The smallest absolute Gasteiger partial charge is 0.308 e. The molecule has 1 saturated carbocycles. The van der Waals surface area contributed by atoms with Gasteiger partial charge in [-0.25, -0.2) is 0 Å². The van der Waals surface area contributed by atoms with Crippen molar-refractivity contribution in [2.24, 2.45) is 5.92 Å². The lowest BCUT2D eigenvalue weighted by atomic mass is 9.74. The van der Waals surface area contributed by atoms with Gasteiger partial charge in [-0.2, -0.15) is 0 Å². The van der Waals surface area contributed by atoms with Gasteiger partial charge in [-0.3, -0.25) is 9.59 Å². The summed E-state index contributed by atoms with van der Waals surface area (Å²) in [5.74, 6) is -1.62. The van der Waals surface area contributed by atoms with Crippen LogP contribution in [0.2, 0.25) is 0 Å². The maximum absolute atomic E-state index is 12.4. The average molecular weight is 316 g/mol. The van der Waals surface area contributed by atoms with Crippen molar-refractivity contribution in [3.05, 3.63) is 30.0 Å². The number of benzene rings is 1. The topological polar surface area (TPSA) is 92.4 Å². The summed E-state index contributed by atoms with van der Waals surface area (Å²) < 4.78 is 5.20. The largest absolute Gasteiger partial charge is 0.481 e. The maximum atomic E-state index is 12.4. The molecule has 1 heterocycles. The Bertz CT molecular complexity index is 739. The highest BCUT2D eigenvalue weighted by atomic mass is 16.5. The van der Waals surface area contributed by atoms with Gasteiger partial charge in [0, 0.05) is 5.39 Å². The monoisotopic (exact) mass is 316 g/mol. The summed E-state index contributed by atoms with van der Waals surface area (Å²) in [5.41, 5.74) is 0.507. The zero-order chi connectivity index (χ0) is 16.4. The number of nitrogens with one attached hydrogen (secondary N) is 1. The highest BCUT2D eigenvalue weighted by Crippen LogP contribution is 2.34. The quantitative estimate of drug-likeness (QED) is 0.904. The van der Waals surface area contributed by atoms with Crippen LogP contribution in [0.15, 0.2) is 28.8 Å². The molecule has 1 aromatic carbocycles. The van der Waals surface area contributed by atoms with E-state index < -0.39 is 17.4 Å². The fourth-order valence-electron chi connectivity index (χ4n) is 3.46. The molecule has 2 N–H and O–H groups in total. The van der Waals surface area contributed by atoms with Crippen molar-refractivity contribution in [2.45, 2.75) is 44.6 Å². The number of aliphatic carboxylic acids is 1. The standard InChI is InChI=1S/C17H20N2O4/c1-17(9-5-4-7-12(17)16(21)22)18-15(20)10-13-11-6-2-3-8-14(11)23-19-13/h2-3,6,8,12H,4-5,7,9-10H2,1H3,(H,18,20)(H,21,22). The third-order valence-corrected chi connectivity index (χ3v) is 4.71. The van der Waals surface area contributed by atoms with Crippen molar-refractivity contribution in [1.82, 2.24) is 10.5 Å². The third kappa shape index (κ3) is 3.06. The predicted molar refractivity (Wildman–Crippen MR) is 83.9 cm³/mol. The highest BCUT2D eigenvalue weighted by Gasteiger charge is 2.42. The number of carboxylic acids is 1. The summed E-state index contributed by atoms with van der Waals surface area (Å²) in [6.07, 6.45) is 3.16. The van der Waals surface area contributed by atoms with Gasteiger partial charge in [0.25, 0.3) is 0 Å². The van der Waals surface area contributed by atoms with Gasteiger partial charge in [0.05, 0.1) is 17.9 Å². The van der Waals surface area contributed by atoms with E-state index in [1.165, 1.54) is 0 Å². The molecule has 1 fully saturated rings. The van der Waals surface area contributed by atoms with Crippen molar-refractivity contribution in [3.63, 3.8) is 0 Å². The molecular weight excluding hydrogens is 296 g/mol. The summed E-state index contributed by atoms with van der Waals surface area (Å²) in [4.78, 5) is 23.9. The van der Waals surface area contributed by atoms with E-state index in [2.05, 4.69) is 10.5 Å². The number of amides is 1. The lowest BCUT2D eigenvalue weighted by Crippen LogP contribution is -2.55. The number of carboxylic acid groups (broad SMARTS) is 1. The van der Waals surface area contributed by atoms with Crippen LogP contribution in [0.3, 0.4) is 0 Å². The second-order valence-corrected chi connectivity index (χ2v) is 6.40. The van der Waals surface area contributed by atoms with Crippen LogP contribution in [0.25, 0.3) is 11.0 Å². The Morgan fingerprint density at radius 3 is 2.96 bits per heavy atom. The summed E-state index contributed by atoms with van der Waals surface area (Å²) in [5, 5.41) is 17.1. The minimum absolute atomic E-state index is 0.0823. The molecule has 0 bridgehead atoms. The number of hydrogen-bond donors (Lipinski definition) is 2. The third-order valence-electron chi connectivity index (χ3n) is 4.71. The van der Waals surface area contributed by atoms with E-state index in [-0.39, 0.29) is 12.3 Å². The van der Waals surface area contributed by atoms with Crippen LogP contribution in [-0.4, -0.2) is 27.7 Å². The molecule has 3 rings (SSSR count). The van der Waals surface area contributed by atoms with Gasteiger partial charge >= 0.3 is 5.97 Å². The first-order valence-electron chi connectivity index (χ1n) is 7.87. The number of carbonyl (C=O) groups excluding carboxylic acids is 1. The average Bonchev–Trinajstić information content (AvgIpc) is 2.90. The molecule has 122 valence electrons. The first-order chi connectivity index (χ1) is 11.0. The number of hydrogen-bond acceptors (Lipinski definition) is 4. The Balaban J connectivity index is 1.74. The number of carbonyl (C=O) groups is 2. The van der Waals surface area contributed by atoms with Crippen LogP contribution in [0.4, 0.5) is 0 Å². The summed E-state index contributed by atoms with van der Waals surface area (Å²) in [7, 11) is 0. The molecule has 0 radical (unpaired) electrons. The minimum atomic E-state index is -0.848. The lowest BCUT2D eigenvalue weighted by molar-refractivity contribution is -0.146. The number of rotatable bonds is 4. The molecular formula is C17H20N2O4. The van der Waals surface area contributed by atoms with E-state index in [1.54, 1.807) is 6.07 Å². The Kier molecular flexibility index (Phi) is 4.07. The summed E-state index contributed by atoms with van der Waals surface area (Å²) >= 11 is 0. The van der Waals surface area contributed by atoms with Crippen LogP contribution in [0.5, 0.6) is 0 Å². The van der Waals surface area contributed by atoms with Gasteiger partial charge in [-0.05, 0) is 31.9 Å². The summed E-state index contributed by atoms with van der Waals surface area (Å²) in [6, 6.07) is 7.37. The summed E-state index contributed by atoms with van der Waals surface area (Å²) in [6.45, 7) is 1.82. The van der Waals surface area contributed by atoms with Crippen LogP contribution in [0, 0.1) is 5.92 Å². The first-order valence-corrected chi connectivity index (χ1v) is 7.87. The fraction of sp³-hybridized carbons (Fsp3) is 0.471. The molecule has 0 saturated heterocycles. The van der Waals surface area contributed by atoms with Gasteiger partial charge in [0.1, 0.15) is 5.69 Å². The predicted octanol–water partition coefficient (Wildman–Crippen LogP) is 2.52. The zero-order valence-electron chi connectivity index (χ0n) is 13.0. The SMILES string of the molecule is CC1(NC(=O)Cc2noc3ccccc23)CCCCC1C(=O)O. The Morgan fingerprint density at radius 1 is 1.39 bits per heavy atom. The molecule has 1 aliphatic carbocycles. The Hall–Kier alpha value is -2.37. The van der Waals surface area contributed by atoms with E-state index in [1.807, 2.05) is 25.1 Å². The van der Waals surface area contributed by atoms with Crippen LogP contribution < -0.4 is 5.32 Å². The minimum Gasteiger partial charge on any atom is -0.481 e. The van der Waals surface area contributed by atoms with Crippen molar-refractivity contribution in [1.29, 1.82) is 0 Å². The van der Waals surface area contributed by atoms with Crippen molar-refractivity contribution in [3.8, 4) is 0 Å². The van der Waals surface area contributed by atoms with Gasteiger partial charge < -0.3 is 14.9 Å². The van der Waals surface area contributed by atoms with Gasteiger partial charge in [0.2, 0.25) is 5.91 Å². The van der Waals surface area contributed by atoms with Gasteiger partial charge in [0.15, 0.2) is 5.58 Å². The van der Waals surface area contributed by atoms with Gasteiger partial charge in [-0.1, -0.05) is 30.1 Å². The van der Waals surface area contributed by atoms with E-state index >= 15 is 0 Å². The number of fused-ring (bicyclic) bond motifs is 1. The molecule has 1 amide bonds. The maximum Gasteiger partial charge on any atom is 0.308 e. The number of nitrogens with zero attached hydrogens (tertiary/aromatic N) is 1. The first kappa shape index (κ1) is 15.5. The van der Waals surface area contributed by atoms with Crippen LogP contribution in [0.1, 0.15) is 38.3 Å². The molecule has 1 aliphatic rings. The fourth-order valence-corrected chi connectivity index (χ4v) is 3.46. The molecule has 23 heavy (non-hydrogen) atoms. The van der Waals surface area contributed by atoms with E-state index in [0.717, 1.165) is 18.2 Å². The molecule has 6 nitrogen and oxygen atoms in total. The van der Waals surface area contributed by atoms with E-state index in [9.17, 15) is 14.7 Å². The second kappa shape index (κ2) is 6.02. The molecule has 0 spiro atoms. The molecule has 0 aliphatic heterocycles. The molecule has 6 heteroatoms. The Labute approximate surface area is 133 Å². The molecule has 2 unspecified atom stereocenters. The van der Waals surface area contributed by atoms with Crippen LogP contribution >= 0.6 is 0 Å². The second-order valence-electron chi connectivity index (χ2n) is 6.40. The van der Waals surface area contributed by atoms with Crippen molar-refractivity contribution >= 4 is 22.8 Å². The van der Waals surface area contributed by atoms with E-state index in [4.69, 9.17) is 4.52 Å². The Morgan fingerprint density at radius 2 is 2.17 bits per heavy atom. The molecule has 1 aromatic heterocycles. The number of para-hydroxylation sites is 1. The zero-order valence-corrected chi connectivity index (χ0v) is 13.0. The normalized spacial score (nSPS) is 24.5. The van der Waals surface area contributed by atoms with Crippen molar-refractivity contribution in [2.75, 3.05) is 0 Å².